The van der Waals surface area contributed by atoms with Crippen LogP contribution in [0, 0.1) is 0 Å². The number of nitrogens with one attached hydrogen (secondary N) is 2. The third kappa shape index (κ3) is 9.35. The van der Waals surface area contributed by atoms with Gasteiger partial charge in [0, 0.05) is 11.3 Å². The van der Waals surface area contributed by atoms with Crippen LogP contribution >= 0.6 is 0 Å². The van der Waals surface area contributed by atoms with Gasteiger partial charge in [0.1, 0.15) is 12.1 Å². The first-order valence-corrected chi connectivity index (χ1v) is 12.7. The molecule has 0 aromatic heterocycles. The first-order valence-electron chi connectivity index (χ1n) is 11.2. The molecule has 0 saturated heterocycles. The molecule has 2 aromatic carbocycles. The van der Waals surface area contributed by atoms with Gasteiger partial charge in [-0.2, -0.15) is 4.72 Å². The summed E-state index contributed by atoms with van der Waals surface area (Å²) < 4.78 is 32.1. The van der Waals surface area contributed by atoms with Gasteiger partial charge in [0.2, 0.25) is 10.0 Å². The Balaban J connectivity index is 1.91. The summed E-state index contributed by atoms with van der Waals surface area (Å²) in [5.74, 6) is -0.937. The van der Waals surface area contributed by atoms with Gasteiger partial charge in [0.05, 0.1) is 4.90 Å². The van der Waals surface area contributed by atoms with Gasteiger partial charge < -0.3 is 10.1 Å². The Labute approximate surface area is 197 Å². The zero-order chi connectivity index (χ0) is 24.5. The molecule has 0 aliphatic rings. The Kier molecular flexibility index (Phi) is 9.61. The summed E-state index contributed by atoms with van der Waals surface area (Å²) in [5.41, 5.74) is 1.51. The summed E-state index contributed by atoms with van der Waals surface area (Å²) in [7, 11) is -3.89. The highest BCUT2D eigenvalue weighted by Crippen LogP contribution is 2.16. The highest BCUT2D eigenvalue weighted by Gasteiger charge is 2.20. The van der Waals surface area contributed by atoms with E-state index in [9.17, 15) is 18.0 Å². The highest BCUT2D eigenvalue weighted by atomic mass is 32.2. The fourth-order valence-electron chi connectivity index (χ4n) is 3.11. The maximum Gasteiger partial charge on any atom is 0.321 e. The lowest BCUT2D eigenvalue weighted by molar-refractivity contribution is -0.153. The zero-order valence-corrected chi connectivity index (χ0v) is 20.6. The second-order valence-electron chi connectivity index (χ2n) is 8.90. The Bertz CT molecular complexity index is 1020. The number of amides is 1. The van der Waals surface area contributed by atoms with E-state index in [0.29, 0.717) is 11.3 Å². The number of esters is 1. The maximum absolute atomic E-state index is 12.5. The average molecular weight is 475 g/mol. The minimum atomic E-state index is -3.89. The lowest BCUT2D eigenvalue weighted by atomic mass is 10.0. The topological polar surface area (TPSA) is 102 Å². The summed E-state index contributed by atoms with van der Waals surface area (Å²) in [4.78, 5) is 24.2. The van der Waals surface area contributed by atoms with Gasteiger partial charge in [-0.05, 0) is 75.6 Å². The number of carbonyl (C=O) groups is 2. The molecule has 2 N–H and O–H groups in total. The molecule has 33 heavy (non-hydrogen) atoms. The monoisotopic (exact) mass is 474 g/mol. The van der Waals surface area contributed by atoms with Gasteiger partial charge in [-0.25, -0.2) is 8.42 Å². The van der Waals surface area contributed by atoms with Crippen molar-refractivity contribution in [3.63, 3.8) is 0 Å². The molecule has 0 aliphatic heterocycles. The summed E-state index contributed by atoms with van der Waals surface area (Å²) in [6.07, 6.45) is 5.79. The van der Waals surface area contributed by atoms with E-state index in [4.69, 9.17) is 4.74 Å². The Morgan fingerprint density at radius 3 is 2.12 bits per heavy atom. The number of anilines is 1. The predicted molar refractivity (Wildman–Crippen MR) is 130 cm³/mol. The van der Waals surface area contributed by atoms with Crippen LogP contribution in [-0.2, 0) is 26.0 Å². The van der Waals surface area contributed by atoms with Crippen molar-refractivity contribution < 1.29 is 22.7 Å². The molecule has 0 unspecified atom stereocenters. The van der Waals surface area contributed by atoms with Gasteiger partial charge in [-0.15, -0.1) is 0 Å². The van der Waals surface area contributed by atoms with Crippen LogP contribution in [0.5, 0.6) is 0 Å². The highest BCUT2D eigenvalue weighted by molar-refractivity contribution is 7.89. The molecule has 0 atom stereocenters. The lowest BCUT2D eigenvalue weighted by Crippen LogP contribution is -2.34. The number of rotatable bonds is 11. The fourth-order valence-corrected chi connectivity index (χ4v) is 4.08. The van der Waals surface area contributed by atoms with Crippen molar-refractivity contribution in [3.8, 4) is 0 Å². The van der Waals surface area contributed by atoms with E-state index in [2.05, 4.69) is 17.0 Å². The summed E-state index contributed by atoms with van der Waals surface area (Å²) >= 11 is 0. The van der Waals surface area contributed by atoms with Crippen LogP contribution in [0.4, 0.5) is 5.69 Å². The Morgan fingerprint density at radius 1 is 0.909 bits per heavy atom. The molecule has 0 saturated carbocycles. The maximum atomic E-state index is 12.5. The number of hydrogen-bond acceptors (Lipinski definition) is 5. The van der Waals surface area contributed by atoms with Crippen LogP contribution in [0.3, 0.4) is 0 Å². The fraction of sp³-hybridized carbons (Fsp3) is 0.440. The normalized spacial score (nSPS) is 11.8. The number of sulfonamides is 1. The SMILES string of the molecule is CCCCCCc1ccc(C(=O)Nc2ccc(S(=O)(=O)NCC(=O)OC(C)(C)C)cc2)cc1. The minimum Gasteiger partial charge on any atom is -0.459 e. The van der Waals surface area contributed by atoms with Crippen LogP contribution in [0.2, 0.25) is 0 Å². The standard InChI is InChI=1S/C25H34N2O5S/c1-5-6-7-8-9-19-10-12-20(13-11-19)24(29)27-21-14-16-22(17-15-21)33(30,31)26-18-23(28)32-25(2,3)4/h10-17,26H,5-9,18H2,1-4H3,(H,27,29). The minimum absolute atomic E-state index is 0.0171. The van der Waals surface area contributed by atoms with Gasteiger partial charge >= 0.3 is 5.97 Å². The summed E-state index contributed by atoms with van der Waals surface area (Å²) in [6, 6.07) is 13.3. The molecular weight excluding hydrogens is 440 g/mol. The van der Waals surface area contributed by atoms with E-state index in [1.165, 1.54) is 49.1 Å². The molecule has 2 rings (SSSR count). The smallest absolute Gasteiger partial charge is 0.321 e. The van der Waals surface area contributed by atoms with Gasteiger partial charge in [0.15, 0.2) is 0 Å². The van der Waals surface area contributed by atoms with Crippen LogP contribution in [0.15, 0.2) is 53.4 Å². The second-order valence-corrected chi connectivity index (χ2v) is 10.7. The van der Waals surface area contributed by atoms with E-state index < -0.39 is 28.1 Å². The second kappa shape index (κ2) is 12.0. The number of unbranched alkanes of at least 4 members (excludes halogenated alkanes) is 3. The quantitative estimate of drug-likeness (QED) is 0.364. The molecule has 0 spiro atoms. The largest absolute Gasteiger partial charge is 0.459 e. The van der Waals surface area contributed by atoms with Crippen LogP contribution in [-0.4, -0.2) is 32.4 Å². The number of hydrogen-bond donors (Lipinski definition) is 2. The molecule has 2 aromatic rings. The summed E-state index contributed by atoms with van der Waals surface area (Å²) in [6.45, 7) is 6.83. The zero-order valence-electron chi connectivity index (χ0n) is 19.8. The molecule has 1 amide bonds. The van der Waals surface area contributed by atoms with Crippen molar-refractivity contribution in [1.82, 2.24) is 4.72 Å². The Hall–Kier alpha value is -2.71. The van der Waals surface area contributed by atoms with Crippen LogP contribution in [0.25, 0.3) is 0 Å². The van der Waals surface area contributed by atoms with E-state index in [0.717, 1.165) is 12.8 Å². The van der Waals surface area contributed by atoms with Crippen LogP contribution in [0.1, 0.15) is 69.3 Å². The molecule has 7 nitrogen and oxygen atoms in total. The van der Waals surface area contributed by atoms with E-state index in [1.54, 1.807) is 32.9 Å². The number of benzene rings is 2. The molecule has 0 bridgehead atoms. The van der Waals surface area contributed by atoms with E-state index in [1.807, 2.05) is 12.1 Å². The molecule has 180 valence electrons. The predicted octanol–water partition coefficient (Wildman–Crippen LogP) is 4.68. The van der Waals surface area contributed by atoms with Gasteiger partial charge in [-0.1, -0.05) is 38.3 Å². The molecule has 0 aliphatic carbocycles. The molecule has 0 heterocycles. The first kappa shape index (κ1) is 26.5. The van der Waals surface area contributed by atoms with Gasteiger partial charge in [-0.3, -0.25) is 9.59 Å². The molecular formula is C25H34N2O5S. The van der Waals surface area contributed by atoms with E-state index >= 15 is 0 Å². The first-order chi connectivity index (χ1) is 15.5. The third-order valence-corrected chi connectivity index (χ3v) is 6.20. The third-order valence-electron chi connectivity index (χ3n) is 4.78. The van der Waals surface area contributed by atoms with Crippen molar-refractivity contribution in [2.75, 3.05) is 11.9 Å². The van der Waals surface area contributed by atoms with Crippen molar-refractivity contribution in [3.05, 3.63) is 59.7 Å². The number of ether oxygens (including phenoxy) is 1. The number of carbonyl (C=O) groups excluding carboxylic acids is 2. The van der Waals surface area contributed by atoms with Crippen molar-refractivity contribution in [2.45, 2.75) is 70.3 Å². The van der Waals surface area contributed by atoms with Crippen molar-refractivity contribution >= 4 is 27.6 Å². The Morgan fingerprint density at radius 2 is 1.55 bits per heavy atom. The lowest BCUT2D eigenvalue weighted by Gasteiger charge is -2.19. The number of aryl methyl sites for hydroxylation is 1. The molecule has 0 fully saturated rings. The molecule has 0 radical (unpaired) electrons. The van der Waals surface area contributed by atoms with Gasteiger partial charge in [0.25, 0.3) is 5.91 Å². The van der Waals surface area contributed by atoms with Crippen LogP contribution < -0.4 is 10.0 Å². The van der Waals surface area contributed by atoms with E-state index in [-0.39, 0.29) is 10.8 Å². The molecule has 8 heteroatoms. The average Bonchev–Trinajstić information content (AvgIpc) is 2.75. The van der Waals surface area contributed by atoms with Crippen molar-refractivity contribution in [2.24, 2.45) is 0 Å². The summed E-state index contributed by atoms with van der Waals surface area (Å²) in [5, 5.41) is 2.76. The van der Waals surface area contributed by atoms with Crippen molar-refractivity contribution in [1.29, 1.82) is 0 Å².